The van der Waals surface area contributed by atoms with E-state index < -0.39 is 0 Å². The highest BCUT2D eigenvalue weighted by Gasteiger charge is 2.25. The van der Waals surface area contributed by atoms with Crippen LogP contribution in [-0.2, 0) is 14.3 Å². The van der Waals surface area contributed by atoms with E-state index in [2.05, 4.69) is 10.1 Å². The molecular weight excluding hydrogens is 260 g/mol. The second-order valence-corrected chi connectivity index (χ2v) is 6.09. The SMILES string of the molecule is COC(=O)CCN(CC1CCCO1)C(=O)NC(C)(C)C. The van der Waals surface area contributed by atoms with Crippen LogP contribution >= 0.6 is 0 Å². The van der Waals surface area contributed by atoms with E-state index >= 15 is 0 Å². The standard InChI is InChI=1S/C14H26N2O4/c1-14(2,3)15-13(18)16(8-7-12(17)19-4)10-11-6-5-9-20-11/h11H,5-10H2,1-4H3,(H,15,18). The van der Waals surface area contributed by atoms with Crippen molar-refractivity contribution in [3.05, 3.63) is 0 Å². The van der Waals surface area contributed by atoms with E-state index in [0.29, 0.717) is 13.1 Å². The highest BCUT2D eigenvalue weighted by Crippen LogP contribution is 2.14. The molecule has 0 aliphatic carbocycles. The molecule has 0 saturated carbocycles. The molecule has 0 bridgehead atoms. The quantitative estimate of drug-likeness (QED) is 0.778. The summed E-state index contributed by atoms with van der Waals surface area (Å²) in [5, 5.41) is 2.91. The van der Waals surface area contributed by atoms with Gasteiger partial charge >= 0.3 is 12.0 Å². The predicted molar refractivity (Wildman–Crippen MR) is 75.5 cm³/mol. The Morgan fingerprint density at radius 3 is 2.60 bits per heavy atom. The molecule has 2 amide bonds. The minimum absolute atomic E-state index is 0.0679. The molecule has 1 aliphatic rings. The maximum absolute atomic E-state index is 12.3. The number of nitrogens with zero attached hydrogens (tertiary/aromatic N) is 1. The molecule has 0 aromatic rings. The van der Waals surface area contributed by atoms with Crippen molar-refractivity contribution >= 4 is 12.0 Å². The van der Waals surface area contributed by atoms with Crippen molar-refractivity contribution in [3.63, 3.8) is 0 Å². The zero-order valence-electron chi connectivity index (χ0n) is 12.9. The molecule has 6 heteroatoms. The predicted octanol–water partition coefficient (Wildman–Crippen LogP) is 1.54. The van der Waals surface area contributed by atoms with Crippen LogP contribution in [0.25, 0.3) is 0 Å². The van der Waals surface area contributed by atoms with Gasteiger partial charge in [-0.05, 0) is 33.6 Å². The minimum atomic E-state index is -0.314. The van der Waals surface area contributed by atoms with Gasteiger partial charge in [-0.2, -0.15) is 0 Å². The van der Waals surface area contributed by atoms with E-state index in [1.165, 1.54) is 7.11 Å². The Morgan fingerprint density at radius 1 is 1.40 bits per heavy atom. The molecule has 1 fully saturated rings. The van der Waals surface area contributed by atoms with Crippen LogP contribution in [0.3, 0.4) is 0 Å². The average Bonchev–Trinajstić information content (AvgIpc) is 2.84. The highest BCUT2D eigenvalue weighted by molar-refractivity contribution is 5.76. The van der Waals surface area contributed by atoms with Crippen molar-refractivity contribution in [1.29, 1.82) is 0 Å². The Balaban J connectivity index is 2.56. The molecule has 0 aromatic carbocycles. The third-order valence-corrected chi connectivity index (χ3v) is 3.03. The molecule has 6 nitrogen and oxygen atoms in total. The van der Waals surface area contributed by atoms with E-state index in [-0.39, 0.29) is 30.1 Å². The van der Waals surface area contributed by atoms with Crippen LogP contribution in [0, 0.1) is 0 Å². The molecule has 1 heterocycles. The lowest BCUT2D eigenvalue weighted by atomic mass is 10.1. The van der Waals surface area contributed by atoms with Crippen molar-refractivity contribution < 1.29 is 19.1 Å². The van der Waals surface area contributed by atoms with Crippen molar-refractivity contribution in [3.8, 4) is 0 Å². The number of hydrogen-bond donors (Lipinski definition) is 1. The molecule has 1 atom stereocenters. The summed E-state index contributed by atoms with van der Waals surface area (Å²) in [5.74, 6) is -0.314. The first-order valence-corrected chi connectivity index (χ1v) is 7.07. The molecule has 1 unspecified atom stereocenters. The number of nitrogens with one attached hydrogen (secondary N) is 1. The number of esters is 1. The summed E-state index contributed by atoms with van der Waals surface area (Å²) in [4.78, 5) is 25.1. The first kappa shape index (κ1) is 16.8. The number of methoxy groups -OCH3 is 1. The van der Waals surface area contributed by atoms with Crippen molar-refractivity contribution in [2.45, 2.75) is 51.7 Å². The molecule has 1 aliphatic heterocycles. The highest BCUT2D eigenvalue weighted by atomic mass is 16.5. The molecule has 20 heavy (non-hydrogen) atoms. The number of urea groups is 1. The van der Waals surface area contributed by atoms with Gasteiger partial charge in [-0.25, -0.2) is 4.79 Å². The van der Waals surface area contributed by atoms with Crippen LogP contribution < -0.4 is 5.32 Å². The molecular formula is C14H26N2O4. The van der Waals surface area contributed by atoms with Gasteiger partial charge in [0.2, 0.25) is 0 Å². The first-order valence-electron chi connectivity index (χ1n) is 7.07. The lowest BCUT2D eigenvalue weighted by Gasteiger charge is -2.29. The lowest BCUT2D eigenvalue weighted by Crippen LogP contribution is -2.50. The van der Waals surface area contributed by atoms with E-state index in [0.717, 1.165) is 19.4 Å². The van der Waals surface area contributed by atoms with Crippen LogP contribution in [0.5, 0.6) is 0 Å². The van der Waals surface area contributed by atoms with E-state index in [1.807, 2.05) is 20.8 Å². The number of carbonyl (C=O) groups excluding carboxylic acids is 2. The Morgan fingerprint density at radius 2 is 2.10 bits per heavy atom. The van der Waals surface area contributed by atoms with Gasteiger partial charge in [0.1, 0.15) is 0 Å². The minimum Gasteiger partial charge on any atom is -0.469 e. The Bertz CT molecular complexity index is 333. The lowest BCUT2D eigenvalue weighted by molar-refractivity contribution is -0.140. The fourth-order valence-corrected chi connectivity index (χ4v) is 2.04. The summed E-state index contributed by atoms with van der Waals surface area (Å²) in [6.07, 6.45) is 2.24. The maximum Gasteiger partial charge on any atom is 0.317 e. The molecule has 116 valence electrons. The third-order valence-electron chi connectivity index (χ3n) is 3.03. The van der Waals surface area contributed by atoms with Gasteiger partial charge in [0, 0.05) is 25.2 Å². The van der Waals surface area contributed by atoms with Crippen LogP contribution in [0.4, 0.5) is 4.79 Å². The summed E-state index contributed by atoms with van der Waals surface area (Å²) in [5.41, 5.74) is -0.308. The summed E-state index contributed by atoms with van der Waals surface area (Å²) >= 11 is 0. The van der Waals surface area contributed by atoms with Crippen LogP contribution in [-0.4, -0.2) is 55.3 Å². The zero-order chi connectivity index (χ0) is 15.2. The number of amides is 2. The summed E-state index contributed by atoms with van der Waals surface area (Å²) < 4.78 is 10.2. The maximum atomic E-state index is 12.3. The van der Waals surface area contributed by atoms with Gasteiger partial charge in [0.25, 0.3) is 0 Å². The average molecular weight is 286 g/mol. The molecule has 0 radical (unpaired) electrons. The zero-order valence-corrected chi connectivity index (χ0v) is 12.9. The number of rotatable bonds is 5. The number of carbonyl (C=O) groups is 2. The summed E-state index contributed by atoms with van der Waals surface area (Å²) in [6.45, 7) is 7.38. The monoisotopic (exact) mass is 286 g/mol. The summed E-state index contributed by atoms with van der Waals surface area (Å²) in [7, 11) is 1.35. The van der Waals surface area contributed by atoms with Gasteiger partial charge in [0.05, 0.1) is 19.6 Å². The van der Waals surface area contributed by atoms with Gasteiger partial charge in [-0.1, -0.05) is 0 Å². The smallest absolute Gasteiger partial charge is 0.317 e. The Labute approximate surface area is 120 Å². The topological polar surface area (TPSA) is 67.9 Å². The fraction of sp³-hybridized carbons (Fsp3) is 0.857. The molecule has 1 N–H and O–H groups in total. The van der Waals surface area contributed by atoms with Crippen LogP contribution in [0.15, 0.2) is 0 Å². The van der Waals surface area contributed by atoms with Crippen LogP contribution in [0.2, 0.25) is 0 Å². The van der Waals surface area contributed by atoms with Gasteiger partial charge in [0.15, 0.2) is 0 Å². The van der Waals surface area contributed by atoms with Gasteiger partial charge in [-0.15, -0.1) is 0 Å². The fourth-order valence-electron chi connectivity index (χ4n) is 2.04. The van der Waals surface area contributed by atoms with E-state index in [4.69, 9.17) is 4.74 Å². The second-order valence-electron chi connectivity index (χ2n) is 6.09. The Hall–Kier alpha value is -1.30. The Kier molecular flexibility index (Phi) is 6.26. The molecule has 0 aromatic heterocycles. The number of hydrogen-bond acceptors (Lipinski definition) is 4. The number of ether oxygens (including phenoxy) is 2. The van der Waals surface area contributed by atoms with E-state index in [1.54, 1.807) is 4.90 Å². The van der Waals surface area contributed by atoms with Crippen molar-refractivity contribution in [2.75, 3.05) is 26.8 Å². The van der Waals surface area contributed by atoms with Crippen molar-refractivity contribution in [2.24, 2.45) is 0 Å². The largest absolute Gasteiger partial charge is 0.469 e. The molecule has 1 rings (SSSR count). The van der Waals surface area contributed by atoms with Gasteiger partial charge < -0.3 is 19.7 Å². The molecule has 0 spiro atoms. The first-order chi connectivity index (χ1) is 9.31. The van der Waals surface area contributed by atoms with Crippen LogP contribution in [0.1, 0.15) is 40.0 Å². The normalized spacial score (nSPS) is 18.7. The summed E-state index contributed by atoms with van der Waals surface area (Å²) in [6, 6.07) is -0.170. The van der Waals surface area contributed by atoms with Crippen molar-refractivity contribution in [1.82, 2.24) is 10.2 Å². The molecule has 1 saturated heterocycles. The second kappa shape index (κ2) is 7.47. The van der Waals surface area contributed by atoms with Gasteiger partial charge in [-0.3, -0.25) is 4.79 Å². The third kappa shape index (κ3) is 6.23. The van der Waals surface area contributed by atoms with E-state index in [9.17, 15) is 9.59 Å².